The molecule has 1 saturated heterocycles. The predicted molar refractivity (Wildman–Crippen MR) is 115 cm³/mol. The van der Waals surface area contributed by atoms with Crippen LogP contribution in [0.3, 0.4) is 0 Å². The number of aliphatic hydroxyl groups excluding tert-OH is 1. The van der Waals surface area contributed by atoms with Crippen molar-refractivity contribution in [2.45, 2.75) is 13.8 Å². The molecule has 7 heteroatoms. The largest absolute Gasteiger partial charge is 0.395 e. The molecule has 0 atom stereocenters. The summed E-state index contributed by atoms with van der Waals surface area (Å²) in [6.07, 6.45) is 0. The Balaban J connectivity index is 1.72. The molecule has 1 aromatic carbocycles. The van der Waals surface area contributed by atoms with E-state index in [0.29, 0.717) is 36.6 Å². The Hall–Kier alpha value is -2.48. The molecule has 0 saturated carbocycles. The number of benzene rings is 1. The van der Waals surface area contributed by atoms with E-state index >= 15 is 0 Å². The van der Waals surface area contributed by atoms with Crippen LogP contribution in [0, 0.1) is 13.8 Å². The Bertz CT molecular complexity index is 939. The first-order valence-electron chi connectivity index (χ1n) is 9.83. The average molecular weight is 412 g/mol. The summed E-state index contributed by atoms with van der Waals surface area (Å²) in [6, 6.07) is 9.61. The van der Waals surface area contributed by atoms with Gasteiger partial charge in [0.05, 0.1) is 17.9 Å². The highest BCUT2D eigenvalue weighted by molar-refractivity contribution is 7.11. The summed E-state index contributed by atoms with van der Waals surface area (Å²) in [5, 5.41) is 11.1. The number of amides is 2. The fourth-order valence-corrected chi connectivity index (χ4v) is 4.87. The molecule has 29 heavy (non-hydrogen) atoms. The second-order valence-corrected chi connectivity index (χ2v) is 8.49. The molecule has 0 aliphatic carbocycles. The molecule has 4 rings (SSSR count). The molecule has 3 heterocycles. The van der Waals surface area contributed by atoms with Gasteiger partial charge in [0.25, 0.3) is 11.8 Å². The van der Waals surface area contributed by atoms with Crippen molar-refractivity contribution >= 4 is 34.4 Å². The number of hydrogen-bond donors (Lipinski definition) is 1. The lowest BCUT2D eigenvalue weighted by Crippen LogP contribution is -2.48. The van der Waals surface area contributed by atoms with Crippen molar-refractivity contribution in [3.05, 3.63) is 57.4 Å². The lowest BCUT2D eigenvalue weighted by atomic mass is 10.1. The zero-order chi connectivity index (χ0) is 20.5. The van der Waals surface area contributed by atoms with Gasteiger partial charge in [0.15, 0.2) is 0 Å². The van der Waals surface area contributed by atoms with E-state index in [1.165, 1.54) is 16.2 Å². The summed E-state index contributed by atoms with van der Waals surface area (Å²) in [5.74, 6) is -0.505. The van der Waals surface area contributed by atoms with Crippen molar-refractivity contribution in [1.29, 1.82) is 0 Å². The van der Waals surface area contributed by atoms with Crippen LogP contribution >= 0.6 is 11.3 Å². The lowest BCUT2D eigenvalue weighted by Gasteiger charge is -2.36. The molecular weight excluding hydrogens is 386 g/mol. The summed E-state index contributed by atoms with van der Waals surface area (Å²) in [7, 11) is 0. The molecule has 1 fully saturated rings. The highest BCUT2D eigenvalue weighted by Gasteiger charge is 2.43. The van der Waals surface area contributed by atoms with Gasteiger partial charge < -0.3 is 10.0 Å². The number of hydrogen-bond acceptors (Lipinski definition) is 6. The van der Waals surface area contributed by atoms with E-state index in [0.717, 1.165) is 29.1 Å². The SMILES string of the molecule is Cc1cc(C)cc(N2C(=O)C(c3cccs3)=C(N3CCN(CCO)CC3)C2=O)c1. The summed E-state index contributed by atoms with van der Waals surface area (Å²) < 4.78 is 0. The summed E-state index contributed by atoms with van der Waals surface area (Å²) >= 11 is 1.48. The number of rotatable bonds is 5. The van der Waals surface area contributed by atoms with Gasteiger partial charge in [-0.3, -0.25) is 14.5 Å². The maximum atomic E-state index is 13.5. The number of aryl methyl sites for hydroxylation is 2. The highest BCUT2D eigenvalue weighted by Crippen LogP contribution is 2.37. The zero-order valence-corrected chi connectivity index (χ0v) is 17.5. The smallest absolute Gasteiger partial charge is 0.282 e. The first kappa shape index (κ1) is 19.8. The van der Waals surface area contributed by atoms with Crippen molar-refractivity contribution < 1.29 is 14.7 Å². The summed E-state index contributed by atoms with van der Waals surface area (Å²) in [4.78, 5) is 33.3. The van der Waals surface area contributed by atoms with Crippen LogP contribution in [0.1, 0.15) is 16.0 Å². The monoisotopic (exact) mass is 411 g/mol. The molecule has 0 spiro atoms. The Morgan fingerprint density at radius 1 is 1.00 bits per heavy atom. The van der Waals surface area contributed by atoms with Crippen molar-refractivity contribution in [2.24, 2.45) is 0 Å². The molecule has 2 aliphatic heterocycles. The first-order chi connectivity index (χ1) is 14.0. The molecule has 2 amide bonds. The molecule has 6 nitrogen and oxygen atoms in total. The van der Waals surface area contributed by atoms with E-state index in [4.69, 9.17) is 0 Å². The maximum absolute atomic E-state index is 13.5. The summed E-state index contributed by atoms with van der Waals surface area (Å²) in [5.41, 5.74) is 3.66. The van der Waals surface area contributed by atoms with Crippen molar-refractivity contribution in [3.63, 3.8) is 0 Å². The van der Waals surface area contributed by atoms with Gasteiger partial charge in [-0.15, -0.1) is 11.3 Å². The van der Waals surface area contributed by atoms with Crippen LogP contribution in [0.15, 0.2) is 41.4 Å². The van der Waals surface area contributed by atoms with Crippen LogP contribution in [0.2, 0.25) is 0 Å². The number of anilines is 1. The van der Waals surface area contributed by atoms with Crippen molar-refractivity contribution in [3.8, 4) is 0 Å². The van der Waals surface area contributed by atoms with Gasteiger partial charge >= 0.3 is 0 Å². The van der Waals surface area contributed by atoms with E-state index < -0.39 is 0 Å². The molecule has 2 aromatic rings. The van der Waals surface area contributed by atoms with E-state index in [1.54, 1.807) is 0 Å². The number of piperazine rings is 1. The van der Waals surface area contributed by atoms with Crippen LogP contribution in [-0.4, -0.2) is 66.1 Å². The number of nitrogens with zero attached hydrogens (tertiary/aromatic N) is 3. The Morgan fingerprint density at radius 2 is 1.69 bits per heavy atom. The van der Waals surface area contributed by atoms with E-state index in [1.807, 2.05) is 54.5 Å². The fraction of sp³-hybridized carbons (Fsp3) is 0.364. The number of imide groups is 1. The van der Waals surface area contributed by atoms with Crippen LogP contribution in [-0.2, 0) is 9.59 Å². The van der Waals surface area contributed by atoms with Crippen molar-refractivity contribution in [2.75, 3.05) is 44.2 Å². The molecule has 152 valence electrons. The van der Waals surface area contributed by atoms with Crippen LogP contribution in [0.25, 0.3) is 5.57 Å². The molecular formula is C22H25N3O3S. The topological polar surface area (TPSA) is 64.1 Å². The zero-order valence-electron chi connectivity index (χ0n) is 16.7. The quantitative estimate of drug-likeness (QED) is 0.765. The average Bonchev–Trinajstić information content (AvgIpc) is 3.28. The normalized spacial score (nSPS) is 18.3. The standard InChI is InChI=1S/C22H25N3O3S/c1-15-12-16(2)14-17(13-15)25-21(27)19(18-4-3-11-29-18)20(22(25)28)24-7-5-23(6-8-24)9-10-26/h3-4,11-14,26H,5-10H2,1-2H3. The van der Waals surface area contributed by atoms with Gasteiger partial charge in [0.2, 0.25) is 0 Å². The van der Waals surface area contributed by atoms with Crippen LogP contribution < -0.4 is 4.90 Å². The van der Waals surface area contributed by atoms with Gasteiger partial charge in [0, 0.05) is 37.6 Å². The fourth-order valence-electron chi connectivity index (χ4n) is 4.11. The van der Waals surface area contributed by atoms with Gasteiger partial charge in [-0.2, -0.15) is 0 Å². The number of carbonyl (C=O) groups is 2. The minimum Gasteiger partial charge on any atom is -0.395 e. The molecule has 1 N–H and O–H groups in total. The van der Waals surface area contributed by atoms with E-state index in [-0.39, 0.29) is 18.4 Å². The third-order valence-corrected chi connectivity index (χ3v) is 6.28. The number of aliphatic hydroxyl groups is 1. The molecule has 0 radical (unpaired) electrons. The van der Waals surface area contributed by atoms with Gasteiger partial charge in [-0.25, -0.2) is 4.90 Å². The Kier molecular flexibility index (Phi) is 5.54. The Morgan fingerprint density at radius 3 is 2.28 bits per heavy atom. The number of β-amino-alcohol motifs (C(OH)–C–C–N with tert-alkyl or cyclic N) is 1. The number of thiophene rings is 1. The number of carbonyl (C=O) groups excluding carboxylic acids is 2. The van der Waals surface area contributed by atoms with Crippen LogP contribution in [0.5, 0.6) is 0 Å². The molecule has 0 unspecified atom stereocenters. The summed E-state index contributed by atoms with van der Waals surface area (Å²) in [6.45, 7) is 7.52. The Labute approximate surface area is 174 Å². The van der Waals surface area contributed by atoms with Gasteiger partial charge in [0.1, 0.15) is 5.70 Å². The molecule has 1 aromatic heterocycles. The molecule has 2 aliphatic rings. The first-order valence-corrected chi connectivity index (χ1v) is 10.7. The highest BCUT2D eigenvalue weighted by atomic mass is 32.1. The second-order valence-electron chi connectivity index (χ2n) is 7.54. The van der Waals surface area contributed by atoms with Gasteiger partial charge in [-0.05, 0) is 48.6 Å². The second kappa shape index (κ2) is 8.10. The maximum Gasteiger partial charge on any atom is 0.282 e. The third kappa shape index (κ3) is 3.73. The molecule has 0 bridgehead atoms. The predicted octanol–water partition coefficient (Wildman–Crippen LogP) is 2.26. The van der Waals surface area contributed by atoms with E-state index in [2.05, 4.69) is 4.90 Å². The lowest BCUT2D eigenvalue weighted by molar-refractivity contribution is -0.120. The minimum atomic E-state index is -0.254. The third-order valence-electron chi connectivity index (χ3n) is 5.40. The van der Waals surface area contributed by atoms with Gasteiger partial charge in [-0.1, -0.05) is 12.1 Å². The van der Waals surface area contributed by atoms with Crippen LogP contribution in [0.4, 0.5) is 5.69 Å². The van der Waals surface area contributed by atoms with E-state index in [9.17, 15) is 14.7 Å². The van der Waals surface area contributed by atoms with Crippen molar-refractivity contribution in [1.82, 2.24) is 9.80 Å². The minimum absolute atomic E-state index is 0.126.